The van der Waals surface area contributed by atoms with Crippen LogP contribution in [0.25, 0.3) is 0 Å². The highest BCUT2D eigenvalue weighted by atomic mass is 15.2. The minimum absolute atomic E-state index is 0. The number of hydrogen-bond donors (Lipinski definition) is 1. The van der Waals surface area contributed by atoms with Crippen LogP contribution in [0.2, 0.25) is 0 Å². The van der Waals surface area contributed by atoms with Gasteiger partial charge in [0.05, 0.1) is 0 Å². The first kappa shape index (κ1) is 11.9. The number of nitrogens with zero attached hydrogens (tertiary/aromatic N) is 1. The van der Waals surface area contributed by atoms with E-state index in [1.165, 1.54) is 32.2 Å². The lowest BCUT2D eigenvalue weighted by Crippen LogP contribution is -2.23. The molecule has 0 aromatic heterocycles. The second-order valence-corrected chi connectivity index (χ2v) is 3.63. The minimum Gasteiger partial charge on any atom is -0.344 e. The smallest absolute Gasteiger partial charge is 0.00954 e. The third-order valence-electron chi connectivity index (χ3n) is 2.92. The van der Waals surface area contributed by atoms with E-state index in [-0.39, 0.29) is 6.15 Å². The predicted molar refractivity (Wildman–Crippen MR) is 54.7 cm³/mol. The summed E-state index contributed by atoms with van der Waals surface area (Å²) < 4.78 is 0. The lowest BCUT2D eigenvalue weighted by molar-refractivity contribution is 0.295. The molecule has 1 heterocycles. The van der Waals surface area contributed by atoms with Crippen LogP contribution in [0.4, 0.5) is 0 Å². The van der Waals surface area contributed by atoms with E-state index in [1.54, 1.807) is 0 Å². The summed E-state index contributed by atoms with van der Waals surface area (Å²) in [5.41, 5.74) is 0. The molecular weight excluding hydrogens is 148 g/mol. The largest absolute Gasteiger partial charge is 0.344 e. The van der Waals surface area contributed by atoms with Gasteiger partial charge in [-0.3, -0.25) is 0 Å². The van der Waals surface area contributed by atoms with Gasteiger partial charge in [-0.15, -0.1) is 0 Å². The Kier molecular flexibility index (Phi) is 5.51. The van der Waals surface area contributed by atoms with Crippen molar-refractivity contribution in [3.63, 3.8) is 0 Å². The normalized spacial score (nSPS) is 33.2. The Balaban J connectivity index is 0.000000378. The van der Waals surface area contributed by atoms with Crippen LogP contribution in [0.5, 0.6) is 0 Å². The molecular formula is C10H24N2. The Hall–Kier alpha value is -0.0800. The topological polar surface area (TPSA) is 38.2 Å². The maximum atomic E-state index is 2.54. The summed E-state index contributed by atoms with van der Waals surface area (Å²) in [6.45, 7) is 5.38. The molecule has 0 aromatic rings. The van der Waals surface area contributed by atoms with Crippen molar-refractivity contribution in [2.24, 2.45) is 5.92 Å². The van der Waals surface area contributed by atoms with Crippen LogP contribution in [-0.4, -0.2) is 24.5 Å². The summed E-state index contributed by atoms with van der Waals surface area (Å²) in [4.78, 5) is 2.54. The average molecular weight is 172 g/mol. The SMILES string of the molecule is CC.CN1CC2CCCC1C2.N. The fourth-order valence-corrected chi connectivity index (χ4v) is 2.39. The van der Waals surface area contributed by atoms with E-state index in [0.717, 1.165) is 12.0 Å². The first-order chi connectivity index (χ1) is 5.36. The molecule has 1 aliphatic carbocycles. The number of likely N-dealkylation sites (tertiary alicyclic amines) is 1. The molecule has 1 aliphatic heterocycles. The van der Waals surface area contributed by atoms with Crippen LogP contribution < -0.4 is 6.15 Å². The van der Waals surface area contributed by atoms with Crippen molar-refractivity contribution in [2.45, 2.75) is 45.6 Å². The molecule has 74 valence electrons. The highest BCUT2D eigenvalue weighted by Gasteiger charge is 2.32. The monoisotopic (exact) mass is 172 g/mol. The van der Waals surface area contributed by atoms with Crippen LogP contribution >= 0.6 is 0 Å². The van der Waals surface area contributed by atoms with Gasteiger partial charge in [0.25, 0.3) is 0 Å². The molecule has 2 heteroatoms. The molecule has 1 saturated carbocycles. The molecule has 2 aliphatic rings. The molecule has 2 fully saturated rings. The minimum atomic E-state index is 0. The van der Waals surface area contributed by atoms with Crippen LogP contribution in [0.3, 0.4) is 0 Å². The highest BCUT2D eigenvalue weighted by Crippen LogP contribution is 2.33. The van der Waals surface area contributed by atoms with Gasteiger partial charge in [0.1, 0.15) is 0 Å². The number of rotatable bonds is 0. The van der Waals surface area contributed by atoms with E-state index in [4.69, 9.17) is 0 Å². The van der Waals surface area contributed by atoms with E-state index < -0.39 is 0 Å². The average Bonchev–Trinajstić information content (AvgIpc) is 2.31. The Bertz CT molecular complexity index is 112. The van der Waals surface area contributed by atoms with E-state index in [1.807, 2.05) is 13.8 Å². The quantitative estimate of drug-likeness (QED) is 0.610. The first-order valence-corrected chi connectivity index (χ1v) is 5.06. The van der Waals surface area contributed by atoms with Gasteiger partial charge in [0.2, 0.25) is 0 Å². The second kappa shape index (κ2) is 5.55. The van der Waals surface area contributed by atoms with Gasteiger partial charge >= 0.3 is 0 Å². The molecule has 2 atom stereocenters. The summed E-state index contributed by atoms with van der Waals surface area (Å²) in [6.07, 6.45) is 5.95. The van der Waals surface area contributed by atoms with Gasteiger partial charge < -0.3 is 11.1 Å². The molecule has 2 bridgehead atoms. The molecule has 0 amide bonds. The van der Waals surface area contributed by atoms with Gasteiger partial charge in [0.15, 0.2) is 0 Å². The lowest BCUT2D eigenvalue weighted by Gasteiger charge is -2.19. The maximum absolute atomic E-state index is 2.54. The van der Waals surface area contributed by atoms with Gasteiger partial charge in [0, 0.05) is 12.6 Å². The van der Waals surface area contributed by atoms with Crippen molar-refractivity contribution >= 4 is 0 Å². The van der Waals surface area contributed by atoms with Crippen LogP contribution in [-0.2, 0) is 0 Å². The van der Waals surface area contributed by atoms with Crippen molar-refractivity contribution < 1.29 is 0 Å². The van der Waals surface area contributed by atoms with Crippen molar-refractivity contribution in [1.82, 2.24) is 11.1 Å². The Morgan fingerprint density at radius 1 is 1.17 bits per heavy atom. The molecule has 3 N–H and O–H groups in total. The highest BCUT2D eigenvalue weighted by molar-refractivity contribution is 4.87. The molecule has 12 heavy (non-hydrogen) atoms. The maximum Gasteiger partial charge on any atom is 0.00954 e. The van der Waals surface area contributed by atoms with Crippen LogP contribution in [0.15, 0.2) is 0 Å². The number of hydrogen-bond acceptors (Lipinski definition) is 2. The van der Waals surface area contributed by atoms with E-state index in [2.05, 4.69) is 11.9 Å². The molecule has 0 aromatic carbocycles. The summed E-state index contributed by atoms with van der Waals surface area (Å²) >= 11 is 0. The van der Waals surface area contributed by atoms with Gasteiger partial charge in [-0.05, 0) is 32.2 Å². The van der Waals surface area contributed by atoms with Crippen molar-refractivity contribution in [3.05, 3.63) is 0 Å². The van der Waals surface area contributed by atoms with Gasteiger partial charge in [-0.2, -0.15) is 0 Å². The molecule has 0 radical (unpaired) electrons. The Labute approximate surface area is 76.9 Å². The summed E-state index contributed by atoms with van der Waals surface area (Å²) in [5, 5.41) is 0. The first-order valence-electron chi connectivity index (χ1n) is 5.06. The van der Waals surface area contributed by atoms with Gasteiger partial charge in [-0.1, -0.05) is 20.3 Å². The molecule has 2 nitrogen and oxygen atoms in total. The molecule has 1 saturated heterocycles. The van der Waals surface area contributed by atoms with Crippen LogP contribution in [0.1, 0.15) is 39.5 Å². The van der Waals surface area contributed by atoms with E-state index in [0.29, 0.717) is 0 Å². The fourth-order valence-electron chi connectivity index (χ4n) is 2.39. The van der Waals surface area contributed by atoms with Crippen molar-refractivity contribution in [3.8, 4) is 0 Å². The third-order valence-corrected chi connectivity index (χ3v) is 2.92. The fraction of sp³-hybridized carbons (Fsp3) is 1.00. The van der Waals surface area contributed by atoms with Crippen molar-refractivity contribution in [2.75, 3.05) is 13.6 Å². The van der Waals surface area contributed by atoms with E-state index >= 15 is 0 Å². The summed E-state index contributed by atoms with van der Waals surface area (Å²) in [5.74, 6) is 1.06. The molecule has 2 unspecified atom stereocenters. The third kappa shape index (κ3) is 2.46. The van der Waals surface area contributed by atoms with Crippen LogP contribution in [0, 0.1) is 5.92 Å². The van der Waals surface area contributed by atoms with Gasteiger partial charge in [-0.25, -0.2) is 0 Å². The second-order valence-electron chi connectivity index (χ2n) is 3.63. The standard InChI is InChI=1S/C8H15N.C2H6.H3N/c1-9-6-7-3-2-4-8(9)5-7;1-2;/h7-8H,2-6H2,1H3;1-2H3;1H3. The zero-order valence-electron chi connectivity index (χ0n) is 8.84. The number of fused-ring (bicyclic) bond motifs is 2. The summed E-state index contributed by atoms with van der Waals surface area (Å²) in [6, 6.07) is 0.962. The zero-order chi connectivity index (χ0) is 8.27. The summed E-state index contributed by atoms with van der Waals surface area (Å²) in [7, 11) is 2.27. The molecule has 2 rings (SSSR count). The zero-order valence-corrected chi connectivity index (χ0v) is 8.84. The Morgan fingerprint density at radius 3 is 2.33 bits per heavy atom. The molecule has 0 spiro atoms. The lowest BCUT2D eigenvalue weighted by atomic mass is 9.91. The van der Waals surface area contributed by atoms with E-state index in [9.17, 15) is 0 Å². The Morgan fingerprint density at radius 2 is 1.83 bits per heavy atom. The predicted octanol–water partition coefficient (Wildman–Crippen LogP) is 2.68. The van der Waals surface area contributed by atoms with Crippen molar-refractivity contribution in [1.29, 1.82) is 0 Å².